The zero-order chi connectivity index (χ0) is 23.3. The zero-order valence-electron chi connectivity index (χ0n) is 17.8. The minimum Gasteiger partial charge on any atom is -0.446 e. The van der Waals surface area contributed by atoms with E-state index in [-0.39, 0.29) is 18.0 Å². The van der Waals surface area contributed by atoms with Crippen LogP contribution in [0, 0.1) is 6.92 Å². The van der Waals surface area contributed by atoms with E-state index in [0.717, 1.165) is 14.8 Å². The van der Waals surface area contributed by atoms with Gasteiger partial charge in [-0.3, -0.25) is 9.59 Å². The van der Waals surface area contributed by atoms with E-state index in [1.807, 2.05) is 6.92 Å². The molecular formula is C23H24N2O6S. The lowest BCUT2D eigenvalue weighted by Gasteiger charge is -2.23. The number of aryl methyl sites for hydroxylation is 1. The van der Waals surface area contributed by atoms with E-state index >= 15 is 0 Å². The van der Waals surface area contributed by atoms with Crippen molar-refractivity contribution in [2.45, 2.75) is 24.8 Å². The molecule has 9 heteroatoms. The topological polar surface area (TPSA) is 101 Å². The number of cyclic esters (lactones) is 1. The van der Waals surface area contributed by atoms with Crippen LogP contribution in [0.5, 0.6) is 0 Å². The number of hydrogen-bond acceptors (Lipinski definition) is 6. The third-order valence-electron chi connectivity index (χ3n) is 5.04. The molecule has 1 saturated heterocycles. The first kappa shape index (κ1) is 23.4. The summed E-state index contributed by atoms with van der Waals surface area (Å²) in [5.74, 6) is -2.13. The number of carbonyl (C=O) groups excluding carboxylic acids is 3. The van der Waals surface area contributed by atoms with E-state index < -0.39 is 40.4 Å². The van der Waals surface area contributed by atoms with Gasteiger partial charge < -0.3 is 4.74 Å². The van der Waals surface area contributed by atoms with Gasteiger partial charge in [0.05, 0.1) is 11.4 Å². The molecule has 1 heterocycles. The molecule has 8 nitrogen and oxygen atoms in total. The lowest BCUT2D eigenvalue weighted by Crippen LogP contribution is -2.45. The fourth-order valence-corrected chi connectivity index (χ4v) is 4.61. The number of Topliss-reactive ketones (excluding diaryl/α,β-unsaturated/α-hetero) is 1. The normalized spacial score (nSPS) is 16.5. The highest BCUT2D eigenvalue weighted by Crippen LogP contribution is 2.28. The van der Waals surface area contributed by atoms with Gasteiger partial charge in [0.25, 0.3) is 0 Å². The summed E-state index contributed by atoms with van der Waals surface area (Å²) >= 11 is 0. The summed E-state index contributed by atoms with van der Waals surface area (Å²) in [5, 5.41) is 0. The number of nitrogens with zero attached hydrogens (tertiary/aromatic N) is 2. The fraction of sp³-hybridized carbons (Fsp3) is 0.261. The number of carbonyl (C=O) groups is 3. The predicted octanol–water partition coefficient (Wildman–Crippen LogP) is 2.85. The highest BCUT2D eigenvalue weighted by molar-refractivity contribution is 7.89. The van der Waals surface area contributed by atoms with Crippen molar-refractivity contribution < 1.29 is 27.5 Å². The minimum atomic E-state index is -4.05. The lowest BCUT2D eigenvalue weighted by molar-refractivity contribution is -0.143. The molecule has 0 bridgehead atoms. The van der Waals surface area contributed by atoms with Crippen LogP contribution in [0.4, 0.5) is 4.79 Å². The smallest absolute Gasteiger partial charge is 0.417 e. The van der Waals surface area contributed by atoms with Crippen LogP contribution >= 0.6 is 0 Å². The Morgan fingerprint density at radius 2 is 1.78 bits per heavy atom. The quantitative estimate of drug-likeness (QED) is 0.447. The molecule has 0 aliphatic carbocycles. The number of benzene rings is 2. The van der Waals surface area contributed by atoms with Crippen molar-refractivity contribution in [2.24, 2.45) is 0 Å². The Bertz CT molecular complexity index is 1130. The number of ketones is 1. The van der Waals surface area contributed by atoms with Gasteiger partial charge in [0, 0.05) is 6.54 Å². The molecule has 1 atom stereocenters. The molecule has 1 aliphatic heterocycles. The Morgan fingerprint density at radius 1 is 1.12 bits per heavy atom. The van der Waals surface area contributed by atoms with Crippen LogP contribution in [-0.4, -0.2) is 55.1 Å². The highest BCUT2D eigenvalue weighted by atomic mass is 32.2. The monoisotopic (exact) mass is 456 g/mol. The van der Waals surface area contributed by atoms with Crippen molar-refractivity contribution in [3.8, 4) is 0 Å². The lowest BCUT2D eigenvalue weighted by atomic mass is 10.1. The number of ether oxygens (including phenoxy) is 1. The summed E-state index contributed by atoms with van der Waals surface area (Å²) in [6.45, 7) is 2.66. The van der Waals surface area contributed by atoms with Gasteiger partial charge in [-0.1, -0.05) is 60.2 Å². The molecule has 1 aliphatic rings. The van der Waals surface area contributed by atoms with Gasteiger partial charge in [0.15, 0.2) is 0 Å². The third-order valence-corrected chi connectivity index (χ3v) is 6.86. The minimum absolute atomic E-state index is 0.00981. The molecule has 0 unspecified atom stereocenters. The standard InChI is InChI=1S/C23H24N2O6S/c1-3-4-14-24(32(29,30)19-12-10-17(2)11-13-19)15-21(26)22(27)25-20(16-31-23(25)28)18-8-6-5-7-9-18/h3-13,20H,14-16H2,1-2H3/b4-3+/t20-/m0/s1. The zero-order valence-corrected chi connectivity index (χ0v) is 18.6. The summed E-state index contributed by atoms with van der Waals surface area (Å²) in [6, 6.07) is 14.2. The Labute approximate surface area is 187 Å². The van der Waals surface area contributed by atoms with Crippen molar-refractivity contribution >= 4 is 27.8 Å². The molecule has 0 N–H and O–H groups in total. The molecule has 0 aromatic heterocycles. The molecule has 1 fully saturated rings. The number of allylic oxidation sites excluding steroid dienone is 1. The Kier molecular flexibility index (Phi) is 7.22. The number of hydrogen-bond donors (Lipinski definition) is 0. The van der Waals surface area contributed by atoms with E-state index in [1.54, 1.807) is 61.5 Å². The van der Waals surface area contributed by atoms with Crippen molar-refractivity contribution in [1.29, 1.82) is 0 Å². The van der Waals surface area contributed by atoms with Crippen LogP contribution in [0.1, 0.15) is 24.1 Å². The first-order valence-corrected chi connectivity index (χ1v) is 11.5. The average Bonchev–Trinajstić information content (AvgIpc) is 3.18. The molecule has 168 valence electrons. The first-order chi connectivity index (χ1) is 15.3. The maximum absolute atomic E-state index is 13.1. The Balaban J connectivity index is 1.84. The summed E-state index contributed by atoms with van der Waals surface area (Å²) in [6.07, 6.45) is 2.28. The Hall–Kier alpha value is -3.30. The SMILES string of the molecule is C/C=C/CN(CC(=O)C(=O)N1C(=O)OC[C@H]1c1ccccc1)S(=O)(=O)c1ccc(C)cc1. The molecule has 2 amide bonds. The van der Waals surface area contributed by atoms with Gasteiger partial charge in [0.2, 0.25) is 15.8 Å². The second kappa shape index (κ2) is 9.88. The van der Waals surface area contributed by atoms with Crippen molar-refractivity contribution in [3.05, 3.63) is 77.9 Å². The molecule has 3 rings (SSSR count). The maximum Gasteiger partial charge on any atom is 0.417 e. The second-order valence-electron chi connectivity index (χ2n) is 7.28. The number of sulfonamides is 1. The summed E-state index contributed by atoms with van der Waals surface area (Å²) in [5.41, 5.74) is 1.52. The van der Waals surface area contributed by atoms with E-state index in [2.05, 4.69) is 0 Å². The van der Waals surface area contributed by atoms with E-state index in [9.17, 15) is 22.8 Å². The van der Waals surface area contributed by atoms with Crippen molar-refractivity contribution in [2.75, 3.05) is 19.7 Å². The fourth-order valence-electron chi connectivity index (χ4n) is 3.26. The van der Waals surface area contributed by atoms with Crippen LogP contribution in [0.2, 0.25) is 0 Å². The van der Waals surface area contributed by atoms with Crippen molar-refractivity contribution in [1.82, 2.24) is 9.21 Å². The van der Waals surface area contributed by atoms with E-state index in [4.69, 9.17) is 4.74 Å². The summed E-state index contributed by atoms with van der Waals surface area (Å²) < 4.78 is 32.1. The largest absolute Gasteiger partial charge is 0.446 e. The third kappa shape index (κ3) is 4.95. The molecule has 0 saturated carbocycles. The molecule has 0 spiro atoms. The van der Waals surface area contributed by atoms with Gasteiger partial charge in [-0.15, -0.1) is 0 Å². The van der Waals surface area contributed by atoms with Gasteiger partial charge >= 0.3 is 12.0 Å². The molecule has 32 heavy (non-hydrogen) atoms. The highest BCUT2D eigenvalue weighted by Gasteiger charge is 2.42. The van der Waals surface area contributed by atoms with Crippen LogP contribution in [0.15, 0.2) is 71.6 Å². The molecule has 0 radical (unpaired) electrons. The average molecular weight is 457 g/mol. The molecular weight excluding hydrogens is 432 g/mol. The predicted molar refractivity (Wildman–Crippen MR) is 117 cm³/mol. The number of imide groups is 1. The van der Waals surface area contributed by atoms with E-state index in [1.165, 1.54) is 12.1 Å². The summed E-state index contributed by atoms with van der Waals surface area (Å²) in [7, 11) is -4.05. The van der Waals surface area contributed by atoms with E-state index in [0.29, 0.717) is 5.56 Å². The van der Waals surface area contributed by atoms with Gasteiger partial charge in [-0.25, -0.2) is 18.1 Å². The maximum atomic E-state index is 13.1. The van der Waals surface area contributed by atoms with Crippen LogP contribution in [-0.2, 0) is 24.3 Å². The van der Waals surface area contributed by atoms with Gasteiger partial charge in [-0.2, -0.15) is 4.31 Å². The number of amides is 2. The summed E-state index contributed by atoms with van der Waals surface area (Å²) in [4.78, 5) is 38.7. The van der Waals surface area contributed by atoms with Crippen LogP contribution in [0.3, 0.4) is 0 Å². The number of rotatable bonds is 8. The van der Waals surface area contributed by atoms with Crippen LogP contribution in [0.25, 0.3) is 0 Å². The first-order valence-electron chi connectivity index (χ1n) is 10.0. The van der Waals surface area contributed by atoms with Crippen LogP contribution < -0.4 is 0 Å². The molecule has 2 aromatic rings. The molecule has 2 aromatic carbocycles. The second-order valence-corrected chi connectivity index (χ2v) is 9.22. The van der Waals surface area contributed by atoms with Crippen molar-refractivity contribution in [3.63, 3.8) is 0 Å². The Morgan fingerprint density at radius 3 is 2.41 bits per heavy atom. The van der Waals surface area contributed by atoms with Gasteiger partial charge in [0.1, 0.15) is 12.6 Å². The van der Waals surface area contributed by atoms with Gasteiger partial charge in [-0.05, 0) is 31.5 Å².